The van der Waals surface area contributed by atoms with Crippen LogP contribution in [0.25, 0.3) is 0 Å². The van der Waals surface area contributed by atoms with Crippen molar-refractivity contribution < 1.29 is 14.7 Å². The molecule has 1 aliphatic rings. The minimum absolute atomic E-state index is 0.0765. The van der Waals surface area contributed by atoms with Gasteiger partial charge >= 0.3 is 5.97 Å². The lowest BCUT2D eigenvalue weighted by molar-refractivity contribution is -0.144. The van der Waals surface area contributed by atoms with Gasteiger partial charge in [-0.05, 0) is 24.3 Å². The zero-order valence-electron chi connectivity index (χ0n) is 8.76. The zero-order valence-corrected chi connectivity index (χ0v) is 9.57. The highest BCUT2D eigenvalue weighted by Crippen LogP contribution is 2.27. The van der Waals surface area contributed by atoms with Crippen LogP contribution >= 0.6 is 11.3 Å². The lowest BCUT2D eigenvalue weighted by atomic mass is 10.3. The number of hydrogen-bond donors (Lipinski definition) is 1. The lowest BCUT2D eigenvalue weighted by Gasteiger charge is -2.19. The fraction of sp³-hybridized carbons (Fsp3) is 0.455. The van der Waals surface area contributed by atoms with Gasteiger partial charge < -0.3 is 10.0 Å². The van der Waals surface area contributed by atoms with E-state index in [0.29, 0.717) is 6.42 Å². The Hall–Kier alpha value is -1.36. The number of carbonyl (C=O) groups is 2. The summed E-state index contributed by atoms with van der Waals surface area (Å²) in [5, 5.41) is 10.7. The van der Waals surface area contributed by atoms with Crippen molar-refractivity contribution in [3.8, 4) is 0 Å². The molecule has 0 saturated heterocycles. The molecule has 4 nitrogen and oxygen atoms in total. The van der Waals surface area contributed by atoms with Crippen LogP contribution in [0.4, 0.5) is 0 Å². The van der Waals surface area contributed by atoms with Crippen molar-refractivity contribution >= 4 is 23.2 Å². The molecule has 0 radical (unpaired) electrons. The third-order valence-electron chi connectivity index (χ3n) is 2.52. The molecule has 1 N–H and O–H groups in total. The van der Waals surface area contributed by atoms with Crippen molar-refractivity contribution in [3.05, 3.63) is 22.4 Å². The van der Waals surface area contributed by atoms with E-state index in [9.17, 15) is 9.59 Å². The van der Waals surface area contributed by atoms with E-state index >= 15 is 0 Å². The molecule has 1 fully saturated rings. The molecule has 1 aliphatic carbocycles. The number of aliphatic carboxylic acids is 1. The summed E-state index contributed by atoms with van der Waals surface area (Å²) in [4.78, 5) is 25.0. The third-order valence-corrected chi connectivity index (χ3v) is 3.40. The number of carboxylic acid groups (broad SMARTS) is 1. The van der Waals surface area contributed by atoms with Gasteiger partial charge in [0.15, 0.2) is 0 Å². The highest BCUT2D eigenvalue weighted by molar-refractivity contribution is 7.10. The van der Waals surface area contributed by atoms with Gasteiger partial charge in [0.05, 0.1) is 6.42 Å². The molecule has 0 spiro atoms. The van der Waals surface area contributed by atoms with Gasteiger partial charge in [-0.3, -0.25) is 9.59 Å². The molecule has 1 aromatic heterocycles. The van der Waals surface area contributed by atoms with Crippen LogP contribution in [0.1, 0.15) is 17.7 Å². The van der Waals surface area contributed by atoms with Crippen LogP contribution < -0.4 is 0 Å². The second-order valence-electron chi connectivity index (χ2n) is 3.90. The summed E-state index contributed by atoms with van der Waals surface area (Å²) in [5.41, 5.74) is 0. The number of amides is 1. The van der Waals surface area contributed by atoms with Crippen LogP contribution in [0, 0.1) is 0 Å². The summed E-state index contributed by atoms with van der Waals surface area (Å²) in [5.74, 6) is -1.02. The highest BCUT2D eigenvalue weighted by atomic mass is 32.1. The molecule has 0 bridgehead atoms. The van der Waals surface area contributed by atoms with E-state index in [1.165, 1.54) is 16.2 Å². The molecular weight excluding hydrogens is 226 g/mol. The van der Waals surface area contributed by atoms with Crippen LogP contribution in [-0.2, 0) is 16.0 Å². The summed E-state index contributed by atoms with van der Waals surface area (Å²) in [7, 11) is 0. The van der Waals surface area contributed by atoms with E-state index in [4.69, 9.17) is 5.11 Å². The van der Waals surface area contributed by atoms with Gasteiger partial charge in [-0.2, -0.15) is 0 Å². The number of rotatable bonds is 5. The molecule has 0 aliphatic heterocycles. The second kappa shape index (κ2) is 4.65. The Labute approximate surface area is 97.5 Å². The van der Waals surface area contributed by atoms with Crippen molar-refractivity contribution in [1.29, 1.82) is 0 Å². The number of carbonyl (C=O) groups excluding carboxylic acids is 1. The Balaban J connectivity index is 1.97. The van der Waals surface area contributed by atoms with Crippen LogP contribution in [0.3, 0.4) is 0 Å². The molecule has 1 amide bonds. The molecule has 2 rings (SSSR count). The summed E-state index contributed by atoms with van der Waals surface area (Å²) < 4.78 is 0. The van der Waals surface area contributed by atoms with Gasteiger partial charge in [-0.1, -0.05) is 6.07 Å². The first-order valence-electron chi connectivity index (χ1n) is 5.20. The molecular formula is C11H13NO3S. The average molecular weight is 239 g/mol. The Morgan fingerprint density at radius 1 is 1.50 bits per heavy atom. The Morgan fingerprint density at radius 2 is 2.25 bits per heavy atom. The van der Waals surface area contributed by atoms with Gasteiger partial charge in [0.1, 0.15) is 6.54 Å². The maximum atomic E-state index is 11.9. The Bertz CT molecular complexity index is 384. The first-order valence-corrected chi connectivity index (χ1v) is 6.08. The van der Waals surface area contributed by atoms with Gasteiger partial charge in [0.2, 0.25) is 5.91 Å². The van der Waals surface area contributed by atoms with E-state index < -0.39 is 5.97 Å². The molecule has 1 aromatic rings. The molecule has 5 heteroatoms. The molecule has 0 aromatic carbocycles. The molecule has 1 heterocycles. The first kappa shape index (κ1) is 11.1. The van der Waals surface area contributed by atoms with Crippen LogP contribution in [-0.4, -0.2) is 34.5 Å². The zero-order chi connectivity index (χ0) is 11.5. The topological polar surface area (TPSA) is 57.6 Å². The number of hydrogen-bond acceptors (Lipinski definition) is 3. The van der Waals surface area contributed by atoms with E-state index in [1.54, 1.807) is 0 Å². The summed E-state index contributed by atoms with van der Waals surface area (Å²) >= 11 is 1.52. The highest BCUT2D eigenvalue weighted by Gasteiger charge is 2.33. The standard InChI is InChI=1S/C11H13NO3S/c13-10(6-9-2-1-5-16-9)12(7-11(14)15)8-3-4-8/h1-2,5,8H,3-4,6-7H2,(H,14,15). The predicted molar refractivity (Wildman–Crippen MR) is 60.4 cm³/mol. The molecule has 1 saturated carbocycles. The van der Waals surface area contributed by atoms with E-state index in [2.05, 4.69) is 0 Å². The number of nitrogens with zero attached hydrogens (tertiary/aromatic N) is 1. The fourth-order valence-electron chi connectivity index (χ4n) is 1.62. The van der Waals surface area contributed by atoms with Crippen molar-refractivity contribution in [2.24, 2.45) is 0 Å². The average Bonchev–Trinajstić information content (AvgIpc) is 2.94. The monoisotopic (exact) mass is 239 g/mol. The summed E-state index contributed by atoms with van der Waals surface area (Å²) in [6, 6.07) is 3.95. The van der Waals surface area contributed by atoms with Crippen molar-refractivity contribution in [1.82, 2.24) is 4.90 Å². The largest absolute Gasteiger partial charge is 0.480 e. The van der Waals surface area contributed by atoms with Crippen LogP contribution in [0.2, 0.25) is 0 Å². The van der Waals surface area contributed by atoms with Crippen LogP contribution in [0.5, 0.6) is 0 Å². The third kappa shape index (κ3) is 2.82. The number of thiophene rings is 1. The maximum Gasteiger partial charge on any atom is 0.323 e. The molecule has 86 valence electrons. The summed E-state index contributed by atoms with van der Waals surface area (Å²) in [6.45, 7) is -0.172. The first-order chi connectivity index (χ1) is 7.66. The minimum atomic E-state index is -0.938. The van der Waals surface area contributed by atoms with Gasteiger partial charge in [-0.15, -0.1) is 11.3 Å². The van der Waals surface area contributed by atoms with Crippen LogP contribution in [0.15, 0.2) is 17.5 Å². The molecule has 0 unspecified atom stereocenters. The van der Waals surface area contributed by atoms with E-state index in [1.807, 2.05) is 17.5 Å². The van der Waals surface area contributed by atoms with Gasteiger partial charge in [0, 0.05) is 10.9 Å². The van der Waals surface area contributed by atoms with Gasteiger partial charge in [0.25, 0.3) is 0 Å². The smallest absolute Gasteiger partial charge is 0.323 e. The SMILES string of the molecule is O=C(O)CN(C(=O)Cc1cccs1)C1CC1. The maximum absolute atomic E-state index is 11.9. The van der Waals surface area contributed by atoms with Crippen molar-refractivity contribution in [2.45, 2.75) is 25.3 Å². The Morgan fingerprint density at radius 3 is 2.75 bits per heavy atom. The Kier molecular flexibility index (Phi) is 3.24. The van der Waals surface area contributed by atoms with Crippen molar-refractivity contribution in [2.75, 3.05) is 6.54 Å². The lowest BCUT2D eigenvalue weighted by Crippen LogP contribution is -2.38. The normalized spacial score (nSPS) is 14.8. The summed E-state index contributed by atoms with van der Waals surface area (Å²) in [6.07, 6.45) is 2.19. The fourth-order valence-corrected chi connectivity index (χ4v) is 2.31. The van der Waals surface area contributed by atoms with E-state index in [0.717, 1.165) is 17.7 Å². The second-order valence-corrected chi connectivity index (χ2v) is 4.93. The van der Waals surface area contributed by atoms with Gasteiger partial charge in [-0.25, -0.2) is 0 Å². The quantitative estimate of drug-likeness (QED) is 0.844. The predicted octanol–water partition coefficient (Wildman–Crippen LogP) is 1.37. The van der Waals surface area contributed by atoms with Crippen molar-refractivity contribution in [3.63, 3.8) is 0 Å². The van der Waals surface area contributed by atoms with E-state index in [-0.39, 0.29) is 18.5 Å². The molecule has 0 atom stereocenters. The minimum Gasteiger partial charge on any atom is -0.480 e. The molecule has 16 heavy (non-hydrogen) atoms. The number of carboxylic acids is 1.